The van der Waals surface area contributed by atoms with Gasteiger partial charge in [-0.3, -0.25) is 0 Å². The van der Waals surface area contributed by atoms with Gasteiger partial charge in [-0.15, -0.1) is 0 Å². The SMILES string of the molecule is N#Cc1cc(F)c(OC2CCOCC2)c(F)c1. The van der Waals surface area contributed by atoms with Gasteiger partial charge in [0.15, 0.2) is 17.4 Å². The highest BCUT2D eigenvalue weighted by Crippen LogP contribution is 2.26. The van der Waals surface area contributed by atoms with Gasteiger partial charge in [0.05, 0.1) is 24.8 Å². The van der Waals surface area contributed by atoms with Crippen LogP contribution in [0.1, 0.15) is 18.4 Å². The summed E-state index contributed by atoms with van der Waals surface area (Å²) in [4.78, 5) is 0. The second-order valence-electron chi connectivity index (χ2n) is 3.81. The Morgan fingerprint density at radius 2 is 1.82 bits per heavy atom. The third-order valence-corrected chi connectivity index (χ3v) is 2.58. The minimum atomic E-state index is -0.840. The van der Waals surface area contributed by atoms with Crippen LogP contribution in [-0.4, -0.2) is 19.3 Å². The topological polar surface area (TPSA) is 42.2 Å². The molecule has 1 aliphatic heterocycles. The van der Waals surface area contributed by atoms with Gasteiger partial charge in [-0.25, -0.2) is 8.78 Å². The molecular weight excluding hydrogens is 228 g/mol. The molecular formula is C12H11F2NO2. The van der Waals surface area contributed by atoms with Crippen LogP contribution in [0.5, 0.6) is 5.75 Å². The molecule has 0 N–H and O–H groups in total. The fraction of sp³-hybridized carbons (Fsp3) is 0.417. The standard InChI is InChI=1S/C12H11F2NO2/c13-10-5-8(7-15)6-11(14)12(10)17-9-1-3-16-4-2-9/h5-6,9H,1-4H2. The molecule has 1 aromatic rings. The van der Waals surface area contributed by atoms with Crippen LogP contribution in [0, 0.1) is 23.0 Å². The van der Waals surface area contributed by atoms with Gasteiger partial charge in [0, 0.05) is 12.8 Å². The molecule has 1 heterocycles. The molecule has 0 saturated carbocycles. The van der Waals surface area contributed by atoms with E-state index in [0.29, 0.717) is 26.1 Å². The highest BCUT2D eigenvalue weighted by molar-refractivity contribution is 5.37. The summed E-state index contributed by atoms with van der Waals surface area (Å²) in [6.45, 7) is 1.06. The lowest BCUT2D eigenvalue weighted by Gasteiger charge is -2.23. The maximum absolute atomic E-state index is 13.5. The lowest BCUT2D eigenvalue weighted by Crippen LogP contribution is -2.26. The van der Waals surface area contributed by atoms with Gasteiger partial charge in [-0.05, 0) is 12.1 Å². The first-order valence-corrected chi connectivity index (χ1v) is 5.34. The fourth-order valence-corrected chi connectivity index (χ4v) is 1.70. The summed E-state index contributed by atoms with van der Waals surface area (Å²) in [5.41, 5.74) is -0.0562. The van der Waals surface area contributed by atoms with E-state index < -0.39 is 17.4 Å². The maximum atomic E-state index is 13.5. The number of benzene rings is 1. The highest BCUT2D eigenvalue weighted by atomic mass is 19.1. The van der Waals surface area contributed by atoms with Gasteiger partial charge in [0.1, 0.15) is 6.10 Å². The molecule has 0 spiro atoms. The van der Waals surface area contributed by atoms with Gasteiger partial charge < -0.3 is 9.47 Å². The molecule has 0 radical (unpaired) electrons. The van der Waals surface area contributed by atoms with Crippen molar-refractivity contribution >= 4 is 0 Å². The van der Waals surface area contributed by atoms with Crippen molar-refractivity contribution in [3.05, 3.63) is 29.3 Å². The van der Waals surface area contributed by atoms with E-state index in [1.165, 1.54) is 0 Å². The van der Waals surface area contributed by atoms with Gasteiger partial charge >= 0.3 is 0 Å². The van der Waals surface area contributed by atoms with E-state index in [0.717, 1.165) is 12.1 Å². The summed E-state index contributed by atoms with van der Waals surface area (Å²) in [5, 5.41) is 8.56. The van der Waals surface area contributed by atoms with Crippen molar-refractivity contribution in [3.8, 4) is 11.8 Å². The average molecular weight is 239 g/mol. The molecule has 0 aliphatic carbocycles. The molecule has 0 atom stereocenters. The van der Waals surface area contributed by atoms with Crippen LogP contribution in [0.25, 0.3) is 0 Å². The number of halogens is 2. The molecule has 0 bridgehead atoms. The normalized spacial score (nSPS) is 16.5. The maximum Gasteiger partial charge on any atom is 0.191 e. The minimum absolute atomic E-state index is 0.0562. The molecule has 1 fully saturated rings. The lowest BCUT2D eigenvalue weighted by atomic mass is 10.1. The Morgan fingerprint density at radius 3 is 2.35 bits per heavy atom. The Morgan fingerprint density at radius 1 is 1.24 bits per heavy atom. The van der Waals surface area contributed by atoms with Crippen molar-refractivity contribution in [3.63, 3.8) is 0 Å². The molecule has 1 aromatic carbocycles. The van der Waals surface area contributed by atoms with E-state index in [1.807, 2.05) is 0 Å². The number of rotatable bonds is 2. The van der Waals surface area contributed by atoms with Crippen molar-refractivity contribution in [2.75, 3.05) is 13.2 Å². The predicted octanol–water partition coefficient (Wildman–Crippen LogP) is 2.39. The van der Waals surface area contributed by atoms with E-state index in [1.54, 1.807) is 6.07 Å². The van der Waals surface area contributed by atoms with Crippen LogP contribution in [0.15, 0.2) is 12.1 Å². The summed E-state index contributed by atoms with van der Waals surface area (Å²) in [6.07, 6.45) is 0.985. The van der Waals surface area contributed by atoms with Crippen molar-refractivity contribution in [1.29, 1.82) is 5.26 Å². The molecule has 0 aromatic heterocycles. The fourth-order valence-electron chi connectivity index (χ4n) is 1.70. The van der Waals surface area contributed by atoms with Crippen molar-refractivity contribution < 1.29 is 18.3 Å². The van der Waals surface area contributed by atoms with Crippen LogP contribution in [0.4, 0.5) is 8.78 Å². The number of ether oxygens (including phenoxy) is 2. The third kappa shape index (κ3) is 2.71. The quantitative estimate of drug-likeness (QED) is 0.795. The van der Waals surface area contributed by atoms with Gasteiger partial charge in [-0.1, -0.05) is 0 Å². The Kier molecular flexibility index (Phi) is 3.55. The Labute approximate surface area is 97.6 Å². The summed E-state index contributed by atoms with van der Waals surface area (Å²) in [5.74, 6) is -2.09. The number of nitrogens with zero attached hydrogens (tertiary/aromatic N) is 1. The smallest absolute Gasteiger partial charge is 0.191 e. The highest BCUT2D eigenvalue weighted by Gasteiger charge is 2.20. The van der Waals surface area contributed by atoms with Crippen molar-refractivity contribution in [2.24, 2.45) is 0 Å². The second kappa shape index (κ2) is 5.11. The van der Waals surface area contributed by atoms with E-state index in [4.69, 9.17) is 14.7 Å². The predicted molar refractivity (Wildman–Crippen MR) is 55.5 cm³/mol. The van der Waals surface area contributed by atoms with E-state index in [2.05, 4.69) is 0 Å². The van der Waals surface area contributed by atoms with Crippen LogP contribution in [-0.2, 0) is 4.74 Å². The van der Waals surface area contributed by atoms with Crippen LogP contribution < -0.4 is 4.74 Å². The first-order chi connectivity index (χ1) is 8.20. The van der Waals surface area contributed by atoms with E-state index in [9.17, 15) is 8.78 Å². The monoisotopic (exact) mass is 239 g/mol. The molecule has 5 heteroatoms. The molecule has 90 valence electrons. The number of hydrogen-bond acceptors (Lipinski definition) is 3. The summed E-state index contributed by atoms with van der Waals surface area (Å²) in [7, 11) is 0. The van der Waals surface area contributed by atoms with Crippen LogP contribution in [0.3, 0.4) is 0 Å². The molecule has 0 unspecified atom stereocenters. The summed E-state index contributed by atoms with van der Waals surface area (Å²) >= 11 is 0. The molecule has 1 aliphatic rings. The van der Waals surface area contributed by atoms with Gasteiger partial charge in [0.25, 0.3) is 0 Å². The zero-order valence-electron chi connectivity index (χ0n) is 9.08. The Bertz CT molecular complexity index is 427. The lowest BCUT2D eigenvalue weighted by molar-refractivity contribution is 0.0223. The Balaban J connectivity index is 2.18. The van der Waals surface area contributed by atoms with Gasteiger partial charge in [-0.2, -0.15) is 5.26 Å². The van der Waals surface area contributed by atoms with E-state index in [-0.39, 0.29) is 11.7 Å². The zero-order chi connectivity index (χ0) is 12.3. The van der Waals surface area contributed by atoms with Crippen molar-refractivity contribution in [1.82, 2.24) is 0 Å². The Hall–Kier alpha value is -1.67. The second-order valence-corrected chi connectivity index (χ2v) is 3.81. The molecule has 1 saturated heterocycles. The number of nitriles is 1. The van der Waals surface area contributed by atoms with Crippen molar-refractivity contribution in [2.45, 2.75) is 18.9 Å². The van der Waals surface area contributed by atoms with Crippen LogP contribution in [0.2, 0.25) is 0 Å². The minimum Gasteiger partial charge on any atom is -0.484 e. The van der Waals surface area contributed by atoms with Gasteiger partial charge in [0.2, 0.25) is 0 Å². The largest absolute Gasteiger partial charge is 0.484 e. The third-order valence-electron chi connectivity index (χ3n) is 2.58. The zero-order valence-corrected chi connectivity index (χ0v) is 9.08. The summed E-state index contributed by atoms with van der Waals surface area (Å²) in [6, 6.07) is 3.62. The molecule has 2 rings (SSSR count). The summed E-state index contributed by atoms with van der Waals surface area (Å²) < 4.78 is 37.4. The molecule has 17 heavy (non-hydrogen) atoms. The van der Waals surface area contributed by atoms with Crippen LogP contribution >= 0.6 is 0 Å². The van der Waals surface area contributed by atoms with E-state index >= 15 is 0 Å². The average Bonchev–Trinajstić information content (AvgIpc) is 2.35. The first-order valence-electron chi connectivity index (χ1n) is 5.34. The molecule has 3 nitrogen and oxygen atoms in total. The first kappa shape index (κ1) is 11.8. The molecule has 0 amide bonds. The number of hydrogen-bond donors (Lipinski definition) is 0.